The van der Waals surface area contributed by atoms with Gasteiger partial charge >= 0.3 is 5.97 Å². The third kappa shape index (κ3) is 4.17. The number of carboxylic acids is 1. The van der Waals surface area contributed by atoms with Crippen LogP contribution >= 0.6 is 0 Å². The molecular formula is C16H25N3O2. The van der Waals surface area contributed by atoms with Crippen LogP contribution in [0.25, 0.3) is 0 Å². The maximum atomic E-state index is 11.2. The molecular weight excluding hydrogens is 266 g/mol. The third-order valence-electron chi connectivity index (χ3n) is 4.19. The molecule has 2 unspecified atom stereocenters. The van der Waals surface area contributed by atoms with Crippen molar-refractivity contribution in [3.05, 3.63) is 23.4 Å². The molecule has 0 radical (unpaired) electrons. The Kier molecular flexibility index (Phi) is 5.17. The first-order valence-electron chi connectivity index (χ1n) is 7.70. The van der Waals surface area contributed by atoms with Gasteiger partial charge in [-0.05, 0) is 45.4 Å². The minimum Gasteiger partial charge on any atom is -0.478 e. The van der Waals surface area contributed by atoms with Crippen LogP contribution in [0, 0.1) is 0 Å². The molecule has 5 heteroatoms. The zero-order valence-corrected chi connectivity index (χ0v) is 13.1. The molecule has 1 saturated heterocycles. The molecule has 1 aromatic heterocycles. The molecule has 2 N–H and O–H groups in total. The van der Waals surface area contributed by atoms with Gasteiger partial charge in [-0.15, -0.1) is 0 Å². The number of nitrogens with zero attached hydrogens (tertiary/aromatic N) is 2. The Hall–Kier alpha value is -1.62. The second-order valence-corrected chi connectivity index (χ2v) is 5.98. The highest BCUT2D eigenvalue weighted by Gasteiger charge is 2.23. The van der Waals surface area contributed by atoms with Crippen molar-refractivity contribution in [1.82, 2.24) is 9.88 Å². The van der Waals surface area contributed by atoms with E-state index < -0.39 is 5.97 Å². The standard InChI is InChI=1S/C16H25N3O2/c1-4-5-13-9-12(16(20)21)10-15(17-13)18-14-6-7-19(3)11(2)8-14/h9-11,14H,4-8H2,1-3H3,(H,17,18)(H,20,21). The van der Waals surface area contributed by atoms with Gasteiger partial charge in [0.25, 0.3) is 0 Å². The van der Waals surface area contributed by atoms with E-state index in [0.717, 1.165) is 37.9 Å². The molecule has 0 spiro atoms. The Morgan fingerprint density at radius 2 is 2.29 bits per heavy atom. The van der Waals surface area contributed by atoms with E-state index >= 15 is 0 Å². The van der Waals surface area contributed by atoms with E-state index in [1.807, 2.05) is 0 Å². The lowest BCUT2D eigenvalue weighted by Gasteiger charge is -2.35. The Balaban J connectivity index is 2.13. The van der Waals surface area contributed by atoms with E-state index in [0.29, 0.717) is 23.5 Å². The first kappa shape index (κ1) is 15.8. The van der Waals surface area contributed by atoms with Gasteiger partial charge in [0.15, 0.2) is 0 Å². The quantitative estimate of drug-likeness (QED) is 0.873. The normalized spacial score (nSPS) is 23.0. The van der Waals surface area contributed by atoms with Gasteiger partial charge in [-0.3, -0.25) is 0 Å². The fourth-order valence-corrected chi connectivity index (χ4v) is 2.80. The molecule has 0 amide bonds. The van der Waals surface area contributed by atoms with Crippen LogP contribution in [-0.2, 0) is 6.42 Å². The number of nitrogens with one attached hydrogen (secondary N) is 1. The van der Waals surface area contributed by atoms with Crippen molar-refractivity contribution in [3.63, 3.8) is 0 Å². The van der Waals surface area contributed by atoms with Gasteiger partial charge in [-0.2, -0.15) is 0 Å². The molecule has 1 fully saturated rings. The summed E-state index contributed by atoms with van der Waals surface area (Å²) < 4.78 is 0. The summed E-state index contributed by atoms with van der Waals surface area (Å²) in [5, 5.41) is 12.6. The predicted octanol–water partition coefficient (Wildman–Crippen LogP) is 2.63. The summed E-state index contributed by atoms with van der Waals surface area (Å²) >= 11 is 0. The predicted molar refractivity (Wildman–Crippen MR) is 83.9 cm³/mol. The SMILES string of the molecule is CCCc1cc(C(=O)O)cc(NC2CCN(C)C(C)C2)n1. The Bertz CT molecular complexity index is 504. The molecule has 116 valence electrons. The van der Waals surface area contributed by atoms with Crippen molar-refractivity contribution < 1.29 is 9.90 Å². The minimum absolute atomic E-state index is 0.317. The maximum absolute atomic E-state index is 11.2. The molecule has 2 atom stereocenters. The zero-order chi connectivity index (χ0) is 15.4. The van der Waals surface area contributed by atoms with Crippen molar-refractivity contribution in [3.8, 4) is 0 Å². The van der Waals surface area contributed by atoms with Gasteiger partial charge in [-0.1, -0.05) is 13.3 Å². The van der Waals surface area contributed by atoms with E-state index in [4.69, 9.17) is 0 Å². The number of aromatic nitrogens is 1. The summed E-state index contributed by atoms with van der Waals surface area (Å²) in [6.07, 6.45) is 3.88. The van der Waals surface area contributed by atoms with Crippen LogP contribution in [0.2, 0.25) is 0 Å². The molecule has 0 saturated carbocycles. The number of carboxylic acid groups (broad SMARTS) is 1. The van der Waals surface area contributed by atoms with Crippen LogP contribution in [0.15, 0.2) is 12.1 Å². The highest BCUT2D eigenvalue weighted by atomic mass is 16.4. The highest BCUT2D eigenvalue weighted by Crippen LogP contribution is 2.20. The smallest absolute Gasteiger partial charge is 0.335 e. The lowest BCUT2D eigenvalue weighted by molar-refractivity contribution is 0.0696. The number of anilines is 1. The molecule has 5 nitrogen and oxygen atoms in total. The van der Waals surface area contributed by atoms with Crippen molar-refractivity contribution in [2.24, 2.45) is 0 Å². The molecule has 21 heavy (non-hydrogen) atoms. The average molecular weight is 291 g/mol. The van der Waals surface area contributed by atoms with Crippen molar-refractivity contribution in [2.75, 3.05) is 18.9 Å². The van der Waals surface area contributed by atoms with Crippen LogP contribution in [0.3, 0.4) is 0 Å². The highest BCUT2D eigenvalue weighted by molar-refractivity contribution is 5.88. The number of hydrogen-bond donors (Lipinski definition) is 2. The molecule has 1 aliphatic rings. The van der Waals surface area contributed by atoms with Crippen LogP contribution in [-0.4, -0.2) is 46.6 Å². The maximum Gasteiger partial charge on any atom is 0.335 e. The molecule has 2 heterocycles. The molecule has 0 aliphatic carbocycles. The van der Waals surface area contributed by atoms with E-state index in [1.165, 1.54) is 0 Å². The van der Waals surface area contributed by atoms with Crippen LogP contribution in [0.4, 0.5) is 5.82 Å². The Morgan fingerprint density at radius 3 is 2.90 bits per heavy atom. The third-order valence-corrected chi connectivity index (χ3v) is 4.19. The van der Waals surface area contributed by atoms with Crippen LogP contribution in [0.1, 0.15) is 49.2 Å². The Labute approximate surface area is 126 Å². The van der Waals surface area contributed by atoms with Gasteiger partial charge in [0.1, 0.15) is 5.82 Å². The summed E-state index contributed by atoms with van der Waals surface area (Å²) in [6.45, 7) is 5.34. The molecule has 1 aliphatic heterocycles. The first-order valence-corrected chi connectivity index (χ1v) is 7.70. The number of piperidine rings is 1. The number of rotatable bonds is 5. The van der Waals surface area contributed by atoms with Gasteiger partial charge < -0.3 is 15.3 Å². The number of hydrogen-bond acceptors (Lipinski definition) is 4. The molecule has 1 aromatic rings. The van der Waals surface area contributed by atoms with Gasteiger partial charge in [0, 0.05) is 24.3 Å². The largest absolute Gasteiger partial charge is 0.478 e. The summed E-state index contributed by atoms with van der Waals surface area (Å²) in [7, 11) is 2.14. The van der Waals surface area contributed by atoms with E-state index in [-0.39, 0.29) is 0 Å². The summed E-state index contributed by atoms with van der Waals surface area (Å²) in [5.74, 6) is -0.199. The number of carbonyl (C=O) groups is 1. The summed E-state index contributed by atoms with van der Waals surface area (Å²) in [5.41, 5.74) is 1.16. The fourth-order valence-electron chi connectivity index (χ4n) is 2.80. The number of aryl methyl sites for hydroxylation is 1. The number of aromatic carboxylic acids is 1. The second kappa shape index (κ2) is 6.89. The lowest BCUT2D eigenvalue weighted by Crippen LogP contribution is -2.42. The fraction of sp³-hybridized carbons (Fsp3) is 0.625. The van der Waals surface area contributed by atoms with Crippen LogP contribution in [0.5, 0.6) is 0 Å². The number of likely N-dealkylation sites (tertiary alicyclic amines) is 1. The first-order chi connectivity index (χ1) is 9.99. The molecule has 2 rings (SSSR count). The van der Waals surface area contributed by atoms with Crippen molar-refractivity contribution >= 4 is 11.8 Å². The van der Waals surface area contributed by atoms with E-state index in [1.54, 1.807) is 12.1 Å². The van der Waals surface area contributed by atoms with Crippen molar-refractivity contribution in [2.45, 2.75) is 51.6 Å². The zero-order valence-electron chi connectivity index (χ0n) is 13.1. The van der Waals surface area contributed by atoms with E-state index in [2.05, 4.69) is 36.1 Å². The summed E-state index contributed by atoms with van der Waals surface area (Å²) in [4.78, 5) is 18.1. The molecule has 0 aromatic carbocycles. The number of pyridine rings is 1. The lowest BCUT2D eigenvalue weighted by atomic mass is 9.99. The van der Waals surface area contributed by atoms with Crippen molar-refractivity contribution in [1.29, 1.82) is 0 Å². The summed E-state index contributed by atoms with van der Waals surface area (Å²) in [6, 6.07) is 4.22. The minimum atomic E-state index is -0.894. The average Bonchev–Trinajstić information content (AvgIpc) is 2.43. The van der Waals surface area contributed by atoms with Crippen LogP contribution < -0.4 is 5.32 Å². The molecule has 0 bridgehead atoms. The Morgan fingerprint density at radius 1 is 1.52 bits per heavy atom. The van der Waals surface area contributed by atoms with Gasteiger partial charge in [-0.25, -0.2) is 9.78 Å². The topological polar surface area (TPSA) is 65.5 Å². The monoisotopic (exact) mass is 291 g/mol. The second-order valence-electron chi connectivity index (χ2n) is 5.98. The van der Waals surface area contributed by atoms with E-state index in [9.17, 15) is 9.90 Å². The van der Waals surface area contributed by atoms with Gasteiger partial charge in [0.05, 0.1) is 5.56 Å². The van der Waals surface area contributed by atoms with Gasteiger partial charge in [0.2, 0.25) is 0 Å².